The second-order valence-electron chi connectivity index (χ2n) is 3.75. The highest BCUT2D eigenvalue weighted by molar-refractivity contribution is 9.10. The van der Waals surface area contributed by atoms with Gasteiger partial charge in [0.15, 0.2) is 0 Å². The van der Waals surface area contributed by atoms with Crippen LogP contribution in [0.5, 0.6) is 0 Å². The third-order valence-corrected chi connectivity index (χ3v) is 2.82. The molecule has 1 amide bonds. The Labute approximate surface area is 102 Å². The molecule has 1 fully saturated rings. The highest BCUT2D eigenvalue weighted by Gasteiger charge is 2.21. The van der Waals surface area contributed by atoms with Crippen molar-refractivity contribution in [2.24, 2.45) is 0 Å². The van der Waals surface area contributed by atoms with Crippen LogP contribution in [0.2, 0.25) is 0 Å². The van der Waals surface area contributed by atoms with Crippen LogP contribution in [0.4, 0.5) is 5.82 Å². The Morgan fingerprint density at radius 1 is 1.56 bits per heavy atom. The van der Waals surface area contributed by atoms with Crippen LogP contribution < -0.4 is 10.6 Å². The van der Waals surface area contributed by atoms with Gasteiger partial charge in [-0.25, -0.2) is 9.97 Å². The number of aryl methyl sites for hydroxylation is 1. The van der Waals surface area contributed by atoms with Crippen LogP contribution in [0.15, 0.2) is 10.7 Å². The summed E-state index contributed by atoms with van der Waals surface area (Å²) in [4.78, 5) is 19.9. The molecule has 1 aliphatic heterocycles. The molecule has 0 radical (unpaired) electrons. The zero-order valence-electron chi connectivity index (χ0n) is 8.96. The van der Waals surface area contributed by atoms with E-state index < -0.39 is 0 Å². The number of halogens is 1. The van der Waals surface area contributed by atoms with Gasteiger partial charge in [-0.1, -0.05) is 0 Å². The van der Waals surface area contributed by atoms with Crippen molar-refractivity contribution in [1.29, 1.82) is 0 Å². The van der Waals surface area contributed by atoms with Gasteiger partial charge < -0.3 is 10.6 Å². The molecule has 0 aromatic carbocycles. The van der Waals surface area contributed by atoms with Crippen LogP contribution >= 0.6 is 15.9 Å². The van der Waals surface area contributed by atoms with Gasteiger partial charge in [0.25, 0.3) is 0 Å². The van der Waals surface area contributed by atoms with E-state index in [4.69, 9.17) is 0 Å². The zero-order valence-corrected chi connectivity index (χ0v) is 10.5. The minimum Gasteiger partial charge on any atom is -0.358 e. The normalized spacial score (nSPS) is 20.4. The summed E-state index contributed by atoms with van der Waals surface area (Å²) in [6, 6.07) is 1.59. The van der Waals surface area contributed by atoms with Crippen molar-refractivity contribution < 1.29 is 4.79 Å². The van der Waals surface area contributed by atoms with Gasteiger partial charge in [-0.05, 0) is 35.7 Å². The third kappa shape index (κ3) is 2.69. The van der Waals surface area contributed by atoms with Crippen LogP contribution in [0.3, 0.4) is 0 Å². The molecular weight excluding hydrogens is 272 g/mol. The Balaban J connectivity index is 2.10. The molecule has 1 aliphatic rings. The van der Waals surface area contributed by atoms with E-state index in [0.717, 1.165) is 24.0 Å². The fourth-order valence-electron chi connectivity index (χ4n) is 1.69. The number of nitrogens with zero attached hydrogens (tertiary/aromatic N) is 2. The minimum atomic E-state index is -0.185. The number of carbonyl (C=O) groups is 1. The third-order valence-electron chi connectivity index (χ3n) is 2.41. The highest BCUT2D eigenvalue weighted by Crippen LogP contribution is 2.15. The lowest BCUT2D eigenvalue weighted by Crippen LogP contribution is -2.44. The summed E-state index contributed by atoms with van der Waals surface area (Å²) in [6.07, 6.45) is 1.83. The van der Waals surface area contributed by atoms with E-state index in [1.165, 1.54) is 0 Å². The predicted molar refractivity (Wildman–Crippen MR) is 64.1 cm³/mol. The van der Waals surface area contributed by atoms with Gasteiger partial charge in [-0.15, -0.1) is 0 Å². The summed E-state index contributed by atoms with van der Waals surface area (Å²) in [7, 11) is 0. The maximum atomic E-state index is 11.5. The molecule has 1 saturated heterocycles. The highest BCUT2D eigenvalue weighted by atomic mass is 79.9. The molecule has 0 spiro atoms. The number of hydrogen-bond acceptors (Lipinski definition) is 4. The second-order valence-corrected chi connectivity index (χ2v) is 4.57. The number of rotatable bonds is 2. The van der Waals surface area contributed by atoms with Crippen LogP contribution in [-0.4, -0.2) is 28.5 Å². The van der Waals surface area contributed by atoms with Gasteiger partial charge in [-0.3, -0.25) is 4.79 Å². The van der Waals surface area contributed by atoms with E-state index in [1.54, 1.807) is 6.07 Å². The minimum absolute atomic E-state index is 0.0404. The number of hydrogen-bond donors (Lipinski definition) is 2. The second kappa shape index (κ2) is 4.78. The molecule has 0 bridgehead atoms. The van der Waals surface area contributed by atoms with E-state index in [9.17, 15) is 4.79 Å². The van der Waals surface area contributed by atoms with Gasteiger partial charge in [0.2, 0.25) is 5.91 Å². The molecule has 2 rings (SSSR count). The van der Waals surface area contributed by atoms with Crippen molar-refractivity contribution in [2.75, 3.05) is 11.9 Å². The lowest BCUT2D eigenvalue weighted by atomic mass is 10.1. The lowest BCUT2D eigenvalue weighted by Gasteiger charge is -2.23. The van der Waals surface area contributed by atoms with E-state index in [1.807, 2.05) is 6.92 Å². The van der Waals surface area contributed by atoms with Crippen LogP contribution in [0, 0.1) is 6.92 Å². The van der Waals surface area contributed by atoms with E-state index in [2.05, 4.69) is 36.5 Å². The molecule has 1 aromatic rings. The molecule has 6 heteroatoms. The topological polar surface area (TPSA) is 66.9 Å². The van der Waals surface area contributed by atoms with Crippen molar-refractivity contribution in [3.8, 4) is 0 Å². The Morgan fingerprint density at radius 3 is 3.06 bits per heavy atom. The van der Waals surface area contributed by atoms with Crippen molar-refractivity contribution >= 4 is 27.7 Å². The standard InChI is InChI=1S/C10H13BrN4O/c1-6-13-8(11)5-9(14-6)15-7-3-2-4-12-10(7)16/h5,7H,2-4H2,1H3,(H,12,16)(H,13,14,15). The quantitative estimate of drug-likeness (QED) is 0.802. The zero-order chi connectivity index (χ0) is 11.5. The van der Waals surface area contributed by atoms with E-state index in [0.29, 0.717) is 11.6 Å². The summed E-state index contributed by atoms with van der Waals surface area (Å²) in [5, 5.41) is 5.94. The lowest BCUT2D eigenvalue weighted by molar-refractivity contribution is -0.123. The number of anilines is 1. The molecule has 1 unspecified atom stereocenters. The fraction of sp³-hybridized carbons (Fsp3) is 0.500. The van der Waals surface area contributed by atoms with Gasteiger partial charge in [0.1, 0.15) is 22.3 Å². The van der Waals surface area contributed by atoms with E-state index in [-0.39, 0.29) is 11.9 Å². The molecular formula is C10H13BrN4O. The summed E-state index contributed by atoms with van der Waals surface area (Å²) in [6.45, 7) is 2.58. The molecule has 0 aliphatic carbocycles. The number of piperidine rings is 1. The van der Waals surface area contributed by atoms with Crippen molar-refractivity contribution in [3.05, 3.63) is 16.5 Å². The number of aromatic nitrogens is 2. The number of nitrogens with one attached hydrogen (secondary N) is 2. The van der Waals surface area contributed by atoms with Crippen LogP contribution in [0.1, 0.15) is 18.7 Å². The van der Waals surface area contributed by atoms with Crippen molar-refractivity contribution in [2.45, 2.75) is 25.8 Å². The van der Waals surface area contributed by atoms with Crippen LogP contribution in [0.25, 0.3) is 0 Å². The predicted octanol–water partition coefficient (Wildman–Crippen LogP) is 1.24. The smallest absolute Gasteiger partial charge is 0.242 e. The average molecular weight is 285 g/mol. The van der Waals surface area contributed by atoms with Crippen molar-refractivity contribution in [1.82, 2.24) is 15.3 Å². The monoisotopic (exact) mass is 284 g/mol. The maximum Gasteiger partial charge on any atom is 0.242 e. The summed E-state index contributed by atoms with van der Waals surface area (Å²) in [5.41, 5.74) is 0. The first kappa shape index (κ1) is 11.3. The Kier molecular flexibility index (Phi) is 3.38. The average Bonchev–Trinajstić information content (AvgIpc) is 2.20. The Morgan fingerprint density at radius 2 is 2.38 bits per heavy atom. The van der Waals surface area contributed by atoms with Gasteiger partial charge in [0, 0.05) is 12.6 Å². The molecule has 16 heavy (non-hydrogen) atoms. The number of carbonyl (C=O) groups excluding carboxylic acids is 1. The SMILES string of the molecule is Cc1nc(Br)cc(NC2CCCNC2=O)n1. The van der Waals surface area contributed by atoms with Gasteiger partial charge in [-0.2, -0.15) is 0 Å². The summed E-state index contributed by atoms with van der Waals surface area (Å²) >= 11 is 3.30. The Bertz CT molecular complexity index is 390. The van der Waals surface area contributed by atoms with Gasteiger partial charge >= 0.3 is 0 Å². The first-order valence-corrected chi connectivity index (χ1v) is 6.00. The number of amides is 1. The van der Waals surface area contributed by atoms with Gasteiger partial charge in [0.05, 0.1) is 0 Å². The molecule has 1 atom stereocenters. The van der Waals surface area contributed by atoms with Crippen molar-refractivity contribution in [3.63, 3.8) is 0 Å². The van der Waals surface area contributed by atoms with Crippen LogP contribution in [-0.2, 0) is 4.79 Å². The summed E-state index contributed by atoms with van der Waals surface area (Å²) < 4.78 is 0.721. The summed E-state index contributed by atoms with van der Waals surface area (Å²) in [5.74, 6) is 1.40. The Hall–Kier alpha value is -1.17. The first-order valence-electron chi connectivity index (χ1n) is 5.20. The maximum absolute atomic E-state index is 11.5. The molecule has 0 saturated carbocycles. The molecule has 5 nitrogen and oxygen atoms in total. The molecule has 2 N–H and O–H groups in total. The largest absolute Gasteiger partial charge is 0.358 e. The molecule has 1 aromatic heterocycles. The van der Waals surface area contributed by atoms with E-state index >= 15 is 0 Å². The molecule has 2 heterocycles. The molecule has 86 valence electrons. The fourth-order valence-corrected chi connectivity index (χ4v) is 2.17. The first-order chi connectivity index (χ1) is 7.65.